The number of ether oxygens (including phenoxy) is 1. The van der Waals surface area contributed by atoms with Crippen LogP contribution in [-0.4, -0.2) is 21.9 Å². The summed E-state index contributed by atoms with van der Waals surface area (Å²) in [5.41, 5.74) is 2.87. The van der Waals surface area contributed by atoms with Gasteiger partial charge in [-0.25, -0.2) is 4.39 Å². The molecule has 4 rings (SSSR count). The molecule has 26 heavy (non-hydrogen) atoms. The molecule has 2 heterocycles. The highest BCUT2D eigenvalue weighted by Crippen LogP contribution is 2.41. The molecular weight excluding hydrogens is 353 g/mol. The fourth-order valence-corrected chi connectivity index (χ4v) is 3.90. The fourth-order valence-electron chi connectivity index (χ4n) is 2.81. The van der Waals surface area contributed by atoms with Gasteiger partial charge in [0.05, 0.1) is 17.2 Å². The minimum Gasteiger partial charge on any atom is -0.489 e. The van der Waals surface area contributed by atoms with Gasteiger partial charge in [0.2, 0.25) is 5.91 Å². The number of halogens is 1. The first-order valence-corrected chi connectivity index (χ1v) is 9.16. The van der Waals surface area contributed by atoms with Gasteiger partial charge in [0.1, 0.15) is 24.0 Å². The number of hydrogen-bond acceptors (Lipinski definition) is 4. The van der Waals surface area contributed by atoms with E-state index in [1.807, 2.05) is 24.3 Å². The van der Waals surface area contributed by atoms with Crippen LogP contribution in [0.4, 0.5) is 10.2 Å². The van der Waals surface area contributed by atoms with E-state index in [9.17, 15) is 9.18 Å². The number of aromatic amines is 1. The molecular formula is C19H16FN3O2S. The van der Waals surface area contributed by atoms with Crippen LogP contribution >= 0.6 is 11.8 Å². The van der Waals surface area contributed by atoms with E-state index in [4.69, 9.17) is 4.74 Å². The predicted octanol–water partition coefficient (Wildman–Crippen LogP) is 3.90. The number of nitrogens with one attached hydrogen (secondary N) is 2. The number of anilines is 1. The molecule has 0 aliphatic carbocycles. The van der Waals surface area contributed by atoms with Crippen molar-refractivity contribution in [3.05, 3.63) is 77.2 Å². The maximum atomic E-state index is 13.0. The Morgan fingerprint density at radius 1 is 1.23 bits per heavy atom. The van der Waals surface area contributed by atoms with Crippen molar-refractivity contribution in [2.75, 3.05) is 11.1 Å². The van der Waals surface area contributed by atoms with Gasteiger partial charge in [-0.2, -0.15) is 5.10 Å². The average Bonchev–Trinajstić information content (AvgIpc) is 3.03. The van der Waals surface area contributed by atoms with E-state index in [1.54, 1.807) is 30.1 Å². The van der Waals surface area contributed by atoms with Crippen molar-refractivity contribution in [2.24, 2.45) is 0 Å². The van der Waals surface area contributed by atoms with Gasteiger partial charge in [-0.1, -0.05) is 24.3 Å². The standard InChI is InChI=1S/C19H16FN3O2S/c20-14-6-4-12(5-7-14)10-25-15-3-1-2-13(8-15)18-16-9-21-23-19(16)22-17(24)11-26-18/h1-9,18H,10-11H2,(H2,21,22,23,24). The van der Waals surface area contributed by atoms with Gasteiger partial charge in [-0.05, 0) is 35.4 Å². The molecule has 0 spiro atoms. The van der Waals surface area contributed by atoms with Gasteiger partial charge in [-0.15, -0.1) is 11.8 Å². The van der Waals surface area contributed by atoms with Crippen LogP contribution in [0.1, 0.15) is 21.9 Å². The normalized spacial score (nSPS) is 16.5. The van der Waals surface area contributed by atoms with Crippen molar-refractivity contribution in [3.63, 3.8) is 0 Å². The molecule has 2 aromatic carbocycles. The van der Waals surface area contributed by atoms with Gasteiger partial charge < -0.3 is 10.1 Å². The number of carbonyl (C=O) groups is 1. The Bertz CT molecular complexity index is 927. The maximum Gasteiger partial charge on any atom is 0.235 e. The van der Waals surface area contributed by atoms with E-state index < -0.39 is 0 Å². The zero-order valence-electron chi connectivity index (χ0n) is 13.7. The van der Waals surface area contributed by atoms with E-state index in [-0.39, 0.29) is 17.0 Å². The molecule has 1 aliphatic rings. The number of rotatable bonds is 4. The summed E-state index contributed by atoms with van der Waals surface area (Å²) in [6, 6.07) is 14.0. The number of carbonyl (C=O) groups excluding carboxylic acids is 1. The van der Waals surface area contributed by atoms with Crippen LogP contribution < -0.4 is 10.1 Å². The SMILES string of the molecule is O=C1CSC(c2cccc(OCc3ccc(F)cc3)c2)c2cn[nH]c2N1. The monoisotopic (exact) mass is 369 g/mol. The van der Waals surface area contributed by atoms with Crippen molar-refractivity contribution < 1.29 is 13.9 Å². The number of nitrogens with zero attached hydrogens (tertiary/aromatic N) is 1. The molecule has 2 N–H and O–H groups in total. The molecule has 1 atom stereocenters. The van der Waals surface area contributed by atoms with Crippen LogP contribution in [0.25, 0.3) is 0 Å². The molecule has 1 amide bonds. The lowest BCUT2D eigenvalue weighted by Gasteiger charge is -2.15. The van der Waals surface area contributed by atoms with Crippen LogP contribution in [0, 0.1) is 5.82 Å². The van der Waals surface area contributed by atoms with Crippen molar-refractivity contribution in [3.8, 4) is 5.75 Å². The third kappa shape index (κ3) is 3.57. The van der Waals surface area contributed by atoms with Crippen molar-refractivity contribution in [2.45, 2.75) is 11.9 Å². The maximum absolute atomic E-state index is 13.0. The summed E-state index contributed by atoms with van der Waals surface area (Å²) in [5, 5.41) is 9.69. The van der Waals surface area contributed by atoms with E-state index in [0.717, 1.165) is 22.4 Å². The van der Waals surface area contributed by atoms with Gasteiger partial charge in [0.15, 0.2) is 0 Å². The molecule has 1 aromatic heterocycles. The van der Waals surface area contributed by atoms with Crippen LogP contribution in [0.15, 0.2) is 54.7 Å². The summed E-state index contributed by atoms with van der Waals surface area (Å²) in [6.07, 6.45) is 1.74. The topological polar surface area (TPSA) is 67.0 Å². The predicted molar refractivity (Wildman–Crippen MR) is 98.7 cm³/mol. The summed E-state index contributed by atoms with van der Waals surface area (Å²) in [6.45, 7) is 0.360. The number of amides is 1. The lowest BCUT2D eigenvalue weighted by molar-refractivity contribution is -0.113. The van der Waals surface area contributed by atoms with Crippen molar-refractivity contribution in [1.29, 1.82) is 0 Å². The third-order valence-corrected chi connectivity index (χ3v) is 5.36. The number of fused-ring (bicyclic) bond motifs is 1. The van der Waals surface area contributed by atoms with Gasteiger partial charge >= 0.3 is 0 Å². The molecule has 0 bridgehead atoms. The Balaban J connectivity index is 1.54. The Morgan fingerprint density at radius 2 is 2.08 bits per heavy atom. The molecule has 5 nitrogen and oxygen atoms in total. The molecule has 0 radical (unpaired) electrons. The number of thioether (sulfide) groups is 1. The Morgan fingerprint density at radius 3 is 2.92 bits per heavy atom. The second-order valence-corrected chi connectivity index (χ2v) is 7.02. The molecule has 0 saturated carbocycles. The van der Waals surface area contributed by atoms with Gasteiger partial charge in [-0.3, -0.25) is 9.89 Å². The Labute approximate surface area is 154 Å². The molecule has 0 fully saturated rings. The quantitative estimate of drug-likeness (QED) is 0.732. The zero-order chi connectivity index (χ0) is 17.9. The first kappa shape index (κ1) is 16.7. The Kier molecular flexibility index (Phi) is 4.62. The smallest absolute Gasteiger partial charge is 0.235 e. The molecule has 1 aliphatic heterocycles. The molecule has 0 saturated heterocycles. The number of benzene rings is 2. The van der Waals surface area contributed by atoms with Gasteiger partial charge in [0.25, 0.3) is 0 Å². The van der Waals surface area contributed by atoms with Crippen molar-refractivity contribution >= 4 is 23.5 Å². The van der Waals surface area contributed by atoms with Crippen LogP contribution in [0.3, 0.4) is 0 Å². The first-order chi connectivity index (χ1) is 12.7. The molecule has 3 aromatic rings. The van der Waals surface area contributed by atoms with E-state index in [1.165, 1.54) is 12.1 Å². The molecule has 132 valence electrons. The molecule has 1 unspecified atom stereocenters. The first-order valence-electron chi connectivity index (χ1n) is 8.11. The number of hydrogen-bond donors (Lipinski definition) is 2. The highest BCUT2D eigenvalue weighted by Gasteiger charge is 2.25. The Hall–Kier alpha value is -2.80. The second-order valence-electron chi connectivity index (χ2n) is 5.93. The van der Waals surface area contributed by atoms with Crippen LogP contribution in [0.5, 0.6) is 5.75 Å². The van der Waals surface area contributed by atoms with Crippen molar-refractivity contribution in [1.82, 2.24) is 10.2 Å². The van der Waals surface area contributed by atoms with Crippen LogP contribution in [-0.2, 0) is 11.4 Å². The van der Waals surface area contributed by atoms with E-state index in [2.05, 4.69) is 15.5 Å². The van der Waals surface area contributed by atoms with E-state index >= 15 is 0 Å². The highest BCUT2D eigenvalue weighted by atomic mass is 32.2. The van der Waals surface area contributed by atoms with Gasteiger partial charge in [0, 0.05) is 5.56 Å². The lowest BCUT2D eigenvalue weighted by atomic mass is 10.1. The summed E-state index contributed by atoms with van der Waals surface area (Å²) >= 11 is 1.55. The lowest BCUT2D eigenvalue weighted by Crippen LogP contribution is -2.12. The zero-order valence-corrected chi connectivity index (χ0v) is 14.6. The minimum absolute atomic E-state index is 0.0166. The number of H-pyrrole nitrogens is 1. The summed E-state index contributed by atoms with van der Waals surface area (Å²) in [7, 11) is 0. The molecule has 7 heteroatoms. The highest BCUT2D eigenvalue weighted by molar-refractivity contribution is 8.00. The average molecular weight is 369 g/mol. The second kappa shape index (κ2) is 7.21. The van der Waals surface area contributed by atoms with Crippen LogP contribution in [0.2, 0.25) is 0 Å². The number of aromatic nitrogens is 2. The summed E-state index contributed by atoms with van der Waals surface area (Å²) in [5.74, 6) is 1.42. The van der Waals surface area contributed by atoms with E-state index in [0.29, 0.717) is 18.2 Å². The fraction of sp³-hybridized carbons (Fsp3) is 0.158. The minimum atomic E-state index is -0.264. The third-order valence-electron chi connectivity index (χ3n) is 4.08. The largest absolute Gasteiger partial charge is 0.489 e. The summed E-state index contributed by atoms with van der Waals surface area (Å²) < 4.78 is 18.8. The summed E-state index contributed by atoms with van der Waals surface area (Å²) in [4.78, 5) is 11.8.